The quantitative estimate of drug-likeness (QED) is 0.864. The molecule has 0 saturated heterocycles. The van der Waals surface area contributed by atoms with Gasteiger partial charge >= 0.3 is 6.18 Å². The van der Waals surface area contributed by atoms with Gasteiger partial charge in [0.1, 0.15) is 0 Å². The first kappa shape index (κ1) is 13.7. The highest BCUT2D eigenvalue weighted by atomic mass is 35.5. The molecule has 1 aliphatic carbocycles. The van der Waals surface area contributed by atoms with Crippen LogP contribution in [0.25, 0.3) is 0 Å². The van der Waals surface area contributed by atoms with E-state index in [9.17, 15) is 13.2 Å². The van der Waals surface area contributed by atoms with Crippen molar-refractivity contribution >= 4 is 11.6 Å². The lowest BCUT2D eigenvalue weighted by Gasteiger charge is -2.31. The minimum absolute atomic E-state index is 0.267. The summed E-state index contributed by atoms with van der Waals surface area (Å²) in [4.78, 5) is 0. The van der Waals surface area contributed by atoms with Gasteiger partial charge in [-0.25, -0.2) is 0 Å². The number of nitrogens with two attached hydrogens (primary N) is 1. The minimum Gasteiger partial charge on any atom is -0.325 e. The van der Waals surface area contributed by atoms with E-state index >= 15 is 0 Å². The Labute approximate surface area is 109 Å². The Balaban J connectivity index is 2.50. The SMILES string of the molecule is CC(C)(N)C1(c2ccc(Cl)c(C(F)(F)F)c2)CC1. The Morgan fingerprint density at radius 1 is 1.22 bits per heavy atom. The predicted octanol–water partition coefficient (Wildman–Crippen LogP) is 4.13. The standard InChI is InChI=1S/C13H15ClF3N/c1-11(2,18)12(5-6-12)8-3-4-10(14)9(7-8)13(15,16)17/h3-4,7H,5-6,18H2,1-2H3. The van der Waals surface area contributed by atoms with Crippen LogP contribution in [-0.4, -0.2) is 5.54 Å². The second-order valence-electron chi connectivity index (χ2n) is 5.50. The van der Waals surface area contributed by atoms with Crippen LogP contribution in [0, 0.1) is 0 Å². The first-order chi connectivity index (χ1) is 8.08. The zero-order valence-electron chi connectivity index (χ0n) is 10.2. The van der Waals surface area contributed by atoms with Crippen LogP contribution in [-0.2, 0) is 11.6 Å². The number of halogens is 4. The lowest BCUT2D eigenvalue weighted by Crippen LogP contribution is -2.45. The third kappa shape index (κ3) is 2.12. The van der Waals surface area contributed by atoms with Crippen molar-refractivity contribution in [2.75, 3.05) is 0 Å². The molecule has 0 unspecified atom stereocenters. The van der Waals surface area contributed by atoms with Crippen LogP contribution in [0.3, 0.4) is 0 Å². The van der Waals surface area contributed by atoms with Crippen molar-refractivity contribution in [2.45, 2.75) is 43.8 Å². The minimum atomic E-state index is -4.43. The normalized spacial score (nSPS) is 18.8. The molecule has 1 aromatic carbocycles. The van der Waals surface area contributed by atoms with Gasteiger partial charge in [0.15, 0.2) is 0 Å². The lowest BCUT2D eigenvalue weighted by atomic mass is 9.79. The molecular weight excluding hydrogens is 263 g/mol. The molecule has 100 valence electrons. The van der Waals surface area contributed by atoms with E-state index in [0.29, 0.717) is 5.56 Å². The fourth-order valence-corrected chi connectivity index (χ4v) is 2.69. The molecule has 1 aliphatic rings. The summed E-state index contributed by atoms with van der Waals surface area (Å²) in [6, 6.07) is 4.11. The summed E-state index contributed by atoms with van der Waals surface area (Å²) in [5, 5.41) is -0.267. The Hall–Kier alpha value is -0.740. The maximum Gasteiger partial charge on any atom is 0.417 e. The van der Waals surface area contributed by atoms with E-state index in [1.165, 1.54) is 6.07 Å². The van der Waals surface area contributed by atoms with E-state index < -0.39 is 17.3 Å². The molecule has 0 atom stereocenters. The monoisotopic (exact) mass is 277 g/mol. The fourth-order valence-electron chi connectivity index (χ4n) is 2.47. The molecule has 0 amide bonds. The summed E-state index contributed by atoms with van der Waals surface area (Å²) in [5.41, 5.74) is 5.05. The Morgan fingerprint density at radius 3 is 2.17 bits per heavy atom. The molecule has 0 radical (unpaired) electrons. The van der Waals surface area contributed by atoms with Gasteiger partial charge in [-0.1, -0.05) is 17.7 Å². The van der Waals surface area contributed by atoms with Gasteiger partial charge in [-0.15, -0.1) is 0 Å². The molecule has 0 aromatic heterocycles. The summed E-state index contributed by atoms with van der Waals surface area (Å²) >= 11 is 5.61. The number of rotatable bonds is 2. The second-order valence-corrected chi connectivity index (χ2v) is 5.90. The molecule has 1 nitrogen and oxygen atoms in total. The molecule has 2 rings (SSSR count). The summed E-state index contributed by atoms with van der Waals surface area (Å²) in [6.07, 6.45) is -2.80. The number of hydrogen-bond acceptors (Lipinski definition) is 1. The van der Waals surface area contributed by atoms with Gasteiger partial charge in [-0.3, -0.25) is 0 Å². The molecule has 0 heterocycles. The van der Waals surface area contributed by atoms with Gasteiger partial charge in [0, 0.05) is 11.0 Å². The number of benzene rings is 1. The lowest BCUT2D eigenvalue weighted by molar-refractivity contribution is -0.137. The van der Waals surface area contributed by atoms with Gasteiger partial charge in [0.25, 0.3) is 0 Å². The molecule has 5 heteroatoms. The van der Waals surface area contributed by atoms with Crippen LogP contribution >= 0.6 is 11.6 Å². The molecule has 1 saturated carbocycles. The Morgan fingerprint density at radius 2 is 1.78 bits per heavy atom. The van der Waals surface area contributed by atoms with Crippen LogP contribution < -0.4 is 5.73 Å². The first-order valence-corrected chi connectivity index (χ1v) is 6.12. The second kappa shape index (κ2) is 3.87. The molecule has 2 N–H and O–H groups in total. The predicted molar refractivity (Wildman–Crippen MR) is 65.6 cm³/mol. The van der Waals surface area contributed by atoms with Gasteiger partial charge in [-0.2, -0.15) is 13.2 Å². The molecule has 0 aliphatic heterocycles. The van der Waals surface area contributed by atoms with Crippen molar-refractivity contribution in [1.29, 1.82) is 0 Å². The van der Waals surface area contributed by atoms with Crippen LogP contribution in [0.4, 0.5) is 13.2 Å². The molecule has 1 aromatic rings. The van der Waals surface area contributed by atoms with E-state index in [2.05, 4.69) is 0 Å². The Bertz CT molecular complexity index is 470. The third-order valence-corrected chi connectivity index (χ3v) is 4.14. The average molecular weight is 278 g/mol. The van der Waals surface area contributed by atoms with E-state index in [4.69, 9.17) is 17.3 Å². The van der Waals surface area contributed by atoms with E-state index in [1.807, 2.05) is 13.8 Å². The summed E-state index contributed by atoms with van der Waals surface area (Å²) in [7, 11) is 0. The zero-order chi connectivity index (χ0) is 13.8. The van der Waals surface area contributed by atoms with E-state index in [1.54, 1.807) is 6.07 Å². The Kier molecular flexibility index (Phi) is 2.95. The maximum absolute atomic E-state index is 12.8. The molecular formula is C13H15ClF3N. The van der Waals surface area contributed by atoms with E-state index in [0.717, 1.165) is 18.9 Å². The van der Waals surface area contributed by atoms with Crippen LogP contribution in [0.1, 0.15) is 37.8 Å². The van der Waals surface area contributed by atoms with Crippen LogP contribution in [0.5, 0.6) is 0 Å². The number of alkyl halides is 3. The highest BCUT2D eigenvalue weighted by Gasteiger charge is 2.54. The van der Waals surface area contributed by atoms with Crippen molar-refractivity contribution in [3.8, 4) is 0 Å². The van der Waals surface area contributed by atoms with Gasteiger partial charge < -0.3 is 5.73 Å². The van der Waals surface area contributed by atoms with Crippen molar-refractivity contribution in [3.05, 3.63) is 34.3 Å². The molecule has 0 spiro atoms. The van der Waals surface area contributed by atoms with Crippen LogP contribution in [0.15, 0.2) is 18.2 Å². The van der Waals surface area contributed by atoms with Crippen molar-refractivity contribution in [1.82, 2.24) is 0 Å². The van der Waals surface area contributed by atoms with Crippen molar-refractivity contribution in [2.24, 2.45) is 5.73 Å². The summed E-state index contributed by atoms with van der Waals surface area (Å²) < 4.78 is 38.5. The smallest absolute Gasteiger partial charge is 0.325 e. The largest absolute Gasteiger partial charge is 0.417 e. The molecule has 0 bridgehead atoms. The molecule has 18 heavy (non-hydrogen) atoms. The average Bonchev–Trinajstić information content (AvgIpc) is 2.96. The van der Waals surface area contributed by atoms with Crippen molar-refractivity contribution < 1.29 is 13.2 Å². The first-order valence-electron chi connectivity index (χ1n) is 5.74. The fraction of sp³-hybridized carbons (Fsp3) is 0.538. The summed E-state index contributed by atoms with van der Waals surface area (Å²) in [6.45, 7) is 3.70. The molecule has 1 fully saturated rings. The van der Waals surface area contributed by atoms with Crippen molar-refractivity contribution in [3.63, 3.8) is 0 Å². The highest BCUT2D eigenvalue weighted by Crippen LogP contribution is 2.55. The maximum atomic E-state index is 12.8. The van der Waals surface area contributed by atoms with Gasteiger partial charge in [0.2, 0.25) is 0 Å². The third-order valence-electron chi connectivity index (χ3n) is 3.81. The summed E-state index contributed by atoms with van der Waals surface area (Å²) in [5.74, 6) is 0. The number of hydrogen-bond donors (Lipinski definition) is 1. The zero-order valence-corrected chi connectivity index (χ0v) is 11.0. The topological polar surface area (TPSA) is 26.0 Å². The highest BCUT2D eigenvalue weighted by molar-refractivity contribution is 6.31. The van der Waals surface area contributed by atoms with Gasteiger partial charge in [-0.05, 0) is 44.4 Å². The van der Waals surface area contributed by atoms with E-state index in [-0.39, 0.29) is 10.4 Å². The van der Waals surface area contributed by atoms with Crippen LogP contribution in [0.2, 0.25) is 5.02 Å². The van der Waals surface area contributed by atoms with Gasteiger partial charge in [0.05, 0.1) is 10.6 Å².